The highest BCUT2D eigenvalue weighted by Crippen LogP contribution is 2.14. The van der Waals surface area contributed by atoms with Crippen molar-refractivity contribution in [1.82, 2.24) is 0 Å². The Hall–Kier alpha value is -1.29. The van der Waals surface area contributed by atoms with Crippen molar-refractivity contribution in [2.24, 2.45) is 0 Å². The summed E-state index contributed by atoms with van der Waals surface area (Å²) < 4.78 is 9.55. The molecular weight excluding hydrogens is 260 g/mol. The first-order chi connectivity index (χ1) is 7.26. The van der Waals surface area contributed by atoms with E-state index >= 15 is 0 Å². The Morgan fingerprint density at radius 2 is 2.07 bits per heavy atom. The number of ether oxygens (including phenoxy) is 2. The van der Waals surface area contributed by atoms with Crippen molar-refractivity contribution in [2.75, 3.05) is 6.61 Å². The summed E-state index contributed by atoms with van der Waals surface area (Å²) in [5.74, 6) is 0.466. The maximum Gasteiger partial charge on any atom is 0.514 e. The molecule has 15 heavy (non-hydrogen) atoms. The van der Waals surface area contributed by atoms with Crippen LogP contribution in [0.4, 0.5) is 4.79 Å². The molecule has 4 heteroatoms. The highest BCUT2D eigenvalue weighted by molar-refractivity contribution is 9.08. The topological polar surface area (TPSA) is 35.5 Å². The summed E-state index contributed by atoms with van der Waals surface area (Å²) in [4.78, 5) is 11.0. The van der Waals surface area contributed by atoms with Crippen molar-refractivity contribution in [3.63, 3.8) is 0 Å². The first-order valence-corrected chi connectivity index (χ1v) is 5.49. The van der Waals surface area contributed by atoms with Gasteiger partial charge in [-0.1, -0.05) is 40.7 Å². The Labute approximate surface area is 96.8 Å². The van der Waals surface area contributed by atoms with E-state index in [2.05, 4.69) is 27.2 Å². The Balaban J connectivity index is 2.49. The van der Waals surface area contributed by atoms with Crippen molar-refractivity contribution < 1.29 is 14.3 Å². The van der Waals surface area contributed by atoms with Crippen molar-refractivity contribution in [1.29, 1.82) is 0 Å². The van der Waals surface area contributed by atoms with Gasteiger partial charge in [-0.05, 0) is 17.7 Å². The number of carbonyl (C=O) groups is 1. The van der Waals surface area contributed by atoms with Crippen LogP contribution in [0.2, 0.25) is 0 Å². The molecular formula is C11H11BrO3. The lowest BCUT2D eigenvalue weighted by molar-refractivity contribution is 0.109. The molecule has 0 heterocycles. The summed E-state index contributed by atoms with van der Waals surface area (Å²) in [5.41, 5.74) is 1.11. The molecule has 0 aromatic heterocycles. The minimum absolute atomic E-state index is 0.151. The minimum atomic E-state index is -0.721. The molecule has 0 saturated heterocycles. The Morgan fingerprint density at radius 3 is 2.60 bits per heavy atom. The van der Waals surface area contributed by atoms with Gasteiger partial charge in [0.2, 0.25) is 0 Å². The second kappa shape index (κ2) is 6.24. The Morgan fingerprint density at radius 1 is 1.40 bits per heavy atom. The van der Waals surface area contributed by atoms with Gasteiger partial charge in [0.05, 0.1) is 0 Å². The number of carbonyl (C=O) groups excluding carboxylic acids is 1. The number of halogens is 1. The third-order valence-corrected chi connectivity index (χ3v) is 2.25. The van der Waals surface area contributed by atoms with Crippen LogP contribution in [0.25, 0.3) is 0 Å². The van der Waals surface area contributed by atoms with Crippen LogP contribution in [-0.2, 0) is 10.1 Å². The first kappa shape index (κ1) is 11.8. The van der Waals surface area contributed by atoms with Gasteiger partial charge in [-0.2, -0.15) is 0 Å². The van der Waals surface area contributed by atoms with Gasteiger partial charge < -0.3 is 9.47 Å². The third kappa shape index (κ3) is 4.16. The van der Waals surface area contributed by atoms with Crippen LogP contribution in [0.3, 0.4) is 0 Å². The summed E-state index contributed by atoms with van der Waals surface area (Å²) in [6, 6.07) is 7.16. The lowest BCUT2D eigenvalue weighted by atomic mass is 10.2. The van der Waals surface area contributed by atoms with E-state index in [0.717, 1.165) is 10.9 Å². The van der Waals surface area contributed by atoms with E-state index in [1.807, 2.05) is 12.1 Å². The van der Waals surface area contributed by atoms with Gasteiger partial charge in [0.25, 0.3) is 0 Å². The molecule has 0 radical (unpaired) electrons. The van der Waals surface area contributed by atoms with Gasteiger partial charge in [-0.15, -0.1) is 0 Å². The molecule has 0 unspecified atom stereocenters. The van der Waals surface area contributed by atoms with Crippen LogP contribution in [0, 0.1) is 0 Å². The van der Waals surface area contributed by atoms with Crippen LogP contribution in [0.15, 0.2) is 36.9 Å². The summed E-state index contributed by atoms with van der Waals surface area (Å²) >= 11 is 3.32. The zero-order valence-corrected chi connectivity index (χ0v) is 9.70. The Bertz CT molecular complexity index is 332. The lowest BCUT2D eigenvalue weighted by Crippen LogP contribution is -2.10. The van der Waals surface area contributed by atoms with Gasteiger partial charge in [0, 0.05) is 5.33 Å². The van der Waals surface area contributed by atoms with E-state index in [4.69, 9.17) is 4.74 Å². The molecule has 0 N–H and O–H groups in total. The van der Waals surface area contributed by atoms with Crippen LogP contribution >= 0.6 is 15.9 Å². The van der Waals surface area contributed by atoms with E-state index in [1.54, 1.807) is 12.1 Å². The molecule has 0 fully saturated rings. The molecule has 0 saturated carbocycles. The van der Waals surface area contributed by atoms with Crippen molar-refractivity contribution in [2.45, 2.75) is 5.33 Å². The third-order valence-electron chi connectivity index (χ3n) is 1.60. The maximum absolute atomic E-state index is 11.0. The summed E-state index contributed by atoms with van der Waals surface area (Å²) in [7, 11) is 0. The van der Waals surface area contributed by atoms with Crippen LogP contribution in [0.5, 0.6) is 5.75 Å². The van der Waals surface area contributed by atoms with Gasteiger partial charge in [0.1, 0.15) is 12.4 Å². The quantitative estimate of drug-likeness (QED) is 0.365. The average Bonchev–Trinajstić information content (AvgIpc) is 2.27. The highest BCUT2D eigenvalue weighted by atomic mass is 79.9. The number of hydrogen-bond donors (Lipinski definition) is 0. The molecule has 0 amide bonds. The van der Waals surface area contributed by atoms with E-state index in [1.165, 1.54) is 6.08 Å². The molecule has 0 aliphatic heterocycles. The normalized spacial score (nSPS) is 9.40. The summed E-state index contributed by atoms with van der Waals surface area (Å²) in [6.45, 7) is 3.58. The van der Waals surface area contributed by atoms with Crippen molar-refractivity contribution >= 4 is 22.1 Å². The average molecular weight is 271 g/mol. The fraction of sp³-hybridized carbons (Fsp3) is 0.182. The van der Waals surface area contributed by atoms with Crippen LogP contribution in [0.1, 0.15) is 5.56 Å². The monoisotopic (exact) mass is 270 g/mol. The summed E-state index contributed by atoms with van der Waals surface area (Å²) in [5, 5.41) is 0.772. The molecule has 1 aromatic carbocycles. The number of hydrogen-bond acceptors (Lipinski definition) is 3. The van der Waals surface area contributed by atoms with Crippen LogP contribution in [-0.4, -0.2) is 12.8 Å². The largest absolute Gasteiger partial charge is 0.514 e. The smallest absolute Gasteiger partial charge is 0.430 e. The minimum Gasteiger partial charge on any atom is -0.430 e. The number of rotatable bonds is 4. The van der Waals surface area contributed by atoms with E-state index in [-0.39, 0.29) is 6.61 Å². The summed E-state index contributed by atoms with van der Waals surface area (Å²) in [6.07, 6.45) is 0.761. The van der Waals surface area contributed by atoms with E-state index < -0.39 is 6.16 Å². The predicted molar refractivity (Wildman–Crippen MR) is 61.2 cm³/mol. The zero-order chi connectivity index (χ0) is 11.1. The van der Waals surface area contributed by atoms with Gasteiger partial charge in [0.15, 0.2) is 0 Å². The number of benzene rings is 1. The molecule has 0 atom stereocenters. The standard InChI is InChI=1S/C11H11BrO3/c1-2-7-14-11(13)15-10-5-3-9(8-12)4-6-10/h2-6H,1,7-8H2. The van der Waals surface area contributed by atoms with Gasteiger partial charge >= 0.3 is 6.16 Å². The molecule has 1 rings (SSSR count). The zero-order valence-electron chi connectivity index (χ0n) is 8.11. The molecule has 1 aromatic rings. The first-order valence-electron chi connectivity index (χ1n) is 4.36. The van der Waals surface area contributed by atoms with E-state index in [0.29, 0.717) is 5.75 Å². The molecule has 0 bridgehead atoms. The maximum atomic E-state index is 11.0. The molecule has 0 spiro atoms. The molecule has 3 nitrogen and oxygen atoms in total. The van der Waals surface area contributed by atoms with Crippen LogP contribution < -0.4 is 4.74 Å². The fourth-order valence-electron chi connectivity index (χ4n) is 0.899. The highest BCUT2D eigenvalue weighted by Gasteiger charge is 2.04. The molecule has 0 aliphatic carbocycles. The second-order valence-electron chi connectivity index (χ2n) is 2.73. The van der Waals surface area contributed by atoms with Gasteiger partial charge in [-0.3, -0.25) is 0 Å². The molecule has 80 valence electrons. The Kier molecular flexibility index (Phi) is 4.90. The SMILES string of the molecule is C=CCOC(=O)Oc1ccc(CBr)cc1. The lowest BCUT2D eigenvalue weighted by Gasteiger charge is -2.04. The van der Waals surface area contributed by atoms with Crippen molar-refractivity contribution in [3.8, 4) is 5.75 Å². The van der Waals surface area contributed by atoms with E-state index in [9.17, 15) is 4.79 Å². The fourth-order valence-corrected chi connectivity index (χ4v) is 1.27. The van der Waals surface area contributed by atoms with Crippen molar-refractivity contribution in [3.05, 3.63) is 42.5 Å². The molecule has 0 aliphatic rings. The number of alkyl halides is 1. The second-order valence-corrected chi connectivity index (χ2v) is 3.29. The predicted octanol–water partition coefficient (Wildman–Crippen LogP) is 3.28. The van der Waals surface area contributed by atoms with Gasteiger partial charge in [-0.25, -0.2) is 4.79 Å².